The molecule has 2 aromatic rings. The number of halogens is 1. The second-order valence-corrected chi connectivity index (χ2v) is 5.16. The maximum absolute atomic E-state index is 10.8. The Morgan fingerprint density at radius 1 is 1.43 bits per heavy atom. The average Bonchev–Trinajstić information content (AvgIpc) is 2.49. The standard InChI is InChI=1S/C14H15ClN4O2/c1-10(14-8-16-5-6-17-14)18(2)9-11-7-12(19(20)21)3-4-13(11)15/h3-8,10H,9H2,1-2H3/t10-/m0/s1. The maximum Gasteiger partial charge on any atom is 0.269 e. The van der Waals surface area contributed by atoms with Gasteiger partial charge in [0.2, 0.25) is 0 Å². The van der Waals surface area contributed by atoms with Crippen LogP contribution in [-0.2, 0) is 6.54 Å². The summed E-state index contributed by atoms with van der Waals surface area (Å²) in [5.74, 6) is 0. The van der Waals surface area contributed by atoms with Gasteiger partial charge in [-0.25, -0.2) is 0 Å². The zero-order valence-electron chi connectivity index (χ0n) is 11.7. The van der Waals surface area contributed by atoms with Crippen molar-refractivity contribution in [2.24, 2.45) is 0 Å². The number of nitrogens with zero attached hydrogens (tertiary/aromatic N) is 4. The van der Waals surface area contributed by atoms with Crippen LogP contribution in [0.15, 0.2) is 36.8 Å². The molecule has 0 bridgehead atoms. The van der Waals surface area contributed by atoms with Gasteiger partial charge in [-0.2, -0.15) is 0 Å². The van der Waals surface area contributed by atoms with Gasteiger partial charge in [0, 0.05) is 42.3 Å². The summed E-state index contributed by atoms with van der Waals surface area (Å²) >= 11 is 6.12. The van der Waals surface area contributed by atoms with Gasteiger partial charge in [0.1, 0.15) is 0 Å². The number of non-ortho nitro benzene ring substituents is 1. The van der Waals surface area contributed by atoms with Gasteiger partial charge in [0.05, 0.1) is 16.7 Å². The molecule has 2 rings (SSSR count). The summed E-state index contributed by atoms with van der Waals surface area (Å²) in [6, 6.07) is 4.48. The fraction of sp³-hybridized carbons (Fsp3) is 0.286. The molecule has 1 aromatic heterocycles. The van der Waals surface area contributed by atoms with Gasteiger partial charge in [0.15, 0.2) is 0 Å². The van der Waals surface area contributed by atoms with E-state index in [0.29, 0.717) is 17.1 Å². The highest BCUT2D eigenvalue weighted by molar-refractivity contribution is 6.31. The third kappa shape index (κ3) is 3.74. The zero-order valence-corrected chi connectivity index (χ0v) is 12.5. The number of nitro benzene ring substituents is 1. The van der Waals surface area contributed by atoms with E-state index in [2.05, 4.69) is 9.97 Å². The van der Waals surface area contributed by atoms with Gasteiger partial charge < -0.3 is 0 Å². The SMILES string of the molecule is C[C@@H](c1cnccn1)N(C)Cc1cc([N+](=O)[O-])ccc1Cl. The zero-order chi connectivity index (χ0) is 15.4. The van der Waals surface area contributed by atoms with Gasteiger partial charge in [-0.3, -0.25) is 25.0 Å². The summed E-state index contributed by atoms with van der Waals surface area (Å²) in [6.45, 7) is 2.48. The summed E-state index contributed by atoms with van der Waals surface area (Å²) in [4.78, 5) is 20.7. The lowest BCUT2D eigenvalue weighted by Gasteiger charge is -2.24. The quantitative estimate of drug-likeness (QED) is 0.626. The Morgan fingerprint density at radius 3 is 2.81 bits per heavy atom. The molecule has 1 atom stereocenters. The first kappa shape index (κ1) is 15.3. The third-order valence-electron chi connectivity index (χ3n) is 3.33. The van der Waals surface area contributed by atoms with Crippen molar-refractivity contribution in [2.45, 2.75) is 19.5 Å². The van der Waals surface area contributed by atoms with Crippen LogP contribution in [0.3, 0.4) is 0 Å². The Bertz CT molecular complexity index is 636. The lowest BCUT2D eigenvalue weighted by molar-refractivity contribution is -0.384. The van der Waals surface area contributed by atoms with Crippen molar-refractivity contribution in [3.63, 3.8) is 0 Å². The average molecular weight is 307 g/mol. The number of nitro groups is 1. The molecule has 0 amide bonds. The molecule has 0 aliphatic rings. The minimum Gasteiger partial charge on any atom is -0.294 e. The molecule has 1 aromatic carbocycles. The van der Waals surface area contributed by atoms with Crippen molar-refractivity contribution in [1.29, 1.82) is 0 Å². The second kappa shape index (κ2) is 6.60. The van der Waals surface area contributed by atoms with Gasteiger partial charge >= 0.3 is 0 Å². The van der Waals surface area contributed by atoms with Crippen molar-refractivity contribution < 1.29 is 4.92 Å². The van der Waals surface area contributed by atoms with Gasteiger partial charge in [0.25, 0.3) is 5.69 Å². The van der Waals surface area contributed by atoms with Crippen molar-refractivity contribution in [2.75, 3.05) is 7.05 Å². The molecule has 0 unspecified atom stereocenters. The van der Waals surface area contributed by atoms with Crippen LogP contribution >= 0.6 is 11.6 Å². The molecule has 7 heteroatoms. The fourth-order valence-corrected chi connectivity index (χ4v) is 2.13. The Hall–Kier alpha value is -2.05. The van der Waals surface area contributed by atoms with E-state index in [1.54, 1.807) is 24.7 Å². The molecule has 0 saturated carbocycles. The van der Waals surface area contributed by atoms with Gasteiger partial charge in [-0.15, -0.1) is 0 Å². The smallest absolute Gasteiger partial charge is 0.269 e. The summed E-state index contributed by atoms with van der Waals surface area (Å²) in [7, 11) is 1.91. The van der Waals surface area contributed by atoms with Gasteiger partial charge in [-0.05, 0) is 25.6 Å². The topological polar surface area (TPSA) is 72.2 Å². The van der Waals surface area contributed by atoms with Crippen LogP contribution < -0.4 is 0 Å². The first-order chi connectivity index (χ1) is 9.99. The monoisotopic (exact) mass is 306 g/mol. The van der Waals surface area contributed by atoms with Crippen molar-refractivity contribution in [3.05, 3.63) is 63.2 Å². The predicted molar refractivity (Wildman–Crippen MR) is 80.0 cm³/mol. The third-order valence-corrected chi connectivity index (χ3v) is 3.70. The molecule has 0 N–H and O–H groups in total. The normalized spacial score (nSPS) is 12.4. The Balaban J connectivity index is 2.17. The summed E-state index contributed by atoms with van der Waals surface area (Å²) in [5, 5.41) is 11.3. The van der Waals surface area contributed by atoms with E-state index in [1.807, 2.05) is 18.9 Å². The molecule has 0 radical (unpaired) electrons. The van der Waals surface area contributed by atoms with E-state index in [0.717, 1.165) is 5.69 Å². The van der Waals surface area contributed by atoms with Crippen LogP contribution in [0.2, 0.25) is 5.02 Å². The minimum absolute atomic E-state index is 0.0222. The fourth-order valence-electron chi connectivity index (χ4n) is 1.95. The summed E-state index contributed by atoms with van der Waals surface area (Å²) in [5.41, 5.74) is 1.58. The van der Waals surface area contributed by atoms with Gasteiger partial charge in [-0.1, -0.05) is 11.6 Å². The van der Waals surface area contributed by atoms with Crippen LogP contribution in [0, 0.1) is 10.1 Å². The van der Waals surface area contributed by atoms with Crippen LogP contribution in [0.25, 0.3) is 0 Å². The van der Waals surface area contributed by atoms with E-state index in [-0.39, 0.29) is 11.7 Å². The molecule has 0 aliphatic heterocycles. The van der Waals surface area contributed by atoms with E-state index in [1.165, 1.54) is 12.1 Å². The van der Waals surface area contributed by atoms with E-state index >= 15 is 0 Å². The highest BCUT2D eigenvalue weighted by atomic mass is 35.5. The first-order valence-corrected chi connectivity index (χ1v) is 6.76. The van der Waals surface area contributed by atoms with Crippen LogP contribution in [0.1, 0.15) is 24.2 Å². The lowest BCUT2D eigenvalue weighted by atomic mass is 10.1. The summed E-state index contributed by atoms with van der Waals surface area (Å²) in [6.07, 6.45) is 4.96. The predicted octanol–water partition coefficient (Wildman–Crippen LogP) is 3.23. The molecule has 110 valence electrons. The van der Waals surface area contributed by atoms with E-state index in [4.69, 9.17) is 11.6 Å². The molecule has 0 spiro atoms. The minimum atomic E-state index is -0.425. The second-order valence-electron chi connectivity index (χ2n) is 4.75. The lowest BCUT2D eigenvalue weighted by Crippen LogP contribution is -2.23. The molecular formula is C14H15ClN4O2. The van der Waals surface area contributed by atoms with Crippen LogP contribution in [0.4, 0.5) is 5.69 Å². The number of hydrogen-bond donors (Lipinski definition) is 0. The number of hydrogen-bond acceptors (Lipinski definition) is 5. The van der Waals surface area contributed by atoms with E-state index < -0.39 is 4.92 Å². The maximum atomic E-state index is 10.8. The Morgan fingerprint density at radius 2 is 2.19 bits per heavy atom. The summed E-state index contributed by atoms with van der Waals surface area (Å²) < 4.78 is 0. The number of rotatable bonds is 5. The Labute approximate surface area is 127 Å². The molecule has 21 heavy (non-hydrogen) atoms. The largest absolute Gasteiger partial charge is 0.294 e. The Kier molecular flexibility index (Phi) is 4.82. The molecule has 0 aliphatic carbocycles. The van der Waals surface area contributed by atoms with Crippen molar-refractivity contribution in [1.82, 2.24) is 14.9 Å². The van der Waals surface area contributed by atoms with Crippen molar-refractivity contribution >= 4 is 17.3 Å². The van der Waals surface area contributed by atoms with Crippen LogP contribution in [-0.4, -0.2) is 26.8 Å². The number of aromatic nitrogens is 2. The number of benzene rings is 1. The van der Waals surface area contributed by atoms with Crippen LogP contribution in [0.5, 0.6) is 0 Å². The molecular weight excluding hydrogens is 292 g/mol. The molecule has 1 heterocycles. The first-order valence-electron chi connectivity index (χ1n) is 6.38. The highest BCUT2D eigenvalue weighted by Gasteiger charge is 2.16. The highest BCUT2D eigenvalue weighted by Crippen LogP contribution is 2.25. The molecule has 0 saturated heterocycles. The molecule has 0 fully saturated rings. The van der Waals surface area contributed by atoms with E-state index in [9.17, 15) is 10.1 Å². The van der Waals surface area contributed by atoms with Crippen molar-refractivity contribution in [3.8, 4) is 0 Å². The molecule has 6 nitrogen and oxygen atoms in total.